The highest BCUT2D eigenvalue weighted by Gasteiger charge is 2.53. The van der Waals surface area contributed by atoms with Gasteiger partial charge in [-0.1, -0.05) is 91.0 Å². The van der Waals surface area contributed by atoms with Crippen molar-refractivity contribution in [3.63, 3.8) is 0 Å². The third-order valence-electron chi connectivity index (χ3n) is 24.7. The molecule has 6 aliphatic rings. The van der Waals surface area contributed by atoms with Gasteiger partial charge in [-0.2, -0.15) is 19.9 Å². The number of aromatic nitrogens is 22. The Balaban J connectivity index is 0.541. The molecule has 14 aromatic rings. The summed E-state index contributed by atoms with van der Waals surface area (Å²) in [6, 6.07) is 27.4. The lowest BCUT2D eigenvalue weighted by Gasteiger charge is -2.37. The van der Waals surface area contributed by atoms with E-state index in [-0.39, 0.29) is 98.4 Å². The van der Waals surface area contributed by atoms with Crippen LogP contribution in [0, 0.1) is 6.92 Å². The van der Waals surface area contributed by atoms with Gasteiger partial charge in [0, 0.05) is 50.3 Å². The normalized spacial score (nSPS) is 26.8. The van der Waals surface area contributed by atoms with Gasteiger partial charge >= 0.3 is 44.8 Å². The third-order valence-corrected chi connectivity index (χ3v) is 29.7. The number of aliphatic hydroxyl groups is 1. The zero-order valence-corrected chi connectivity index (χ0v) is 79.4. The van der Waals surface area contributed by atoms with E-state index in [0.29, 0.717) is 16.7 Å². The number of benzene rings is 3. The number of nitrogens with one attached hydrogen (secondary N) is 5. The largest absolute Gasteiger partial charge is 0.472 e. The molecule has 6 unspecified atom stereocenters. The average Bonchev–Trinajstić information content (AvgIpc) is 1.63. The average molecular weight is 2110 g/mol. The van der Waals surface area contributed by atoms with Crippen LogP contribution in [-0.2, 0) is 107 Å². The number of hydrogen-bond donors (Lipinski definition) is 16. The van der Waals surface area contributed by atoms with E-state index < -0.39 is 260 Å². The maximum Gasteiger partial charge on any atom is 0.472 e. The van der Waals surface area contributed by atoms with E-state index in [1.807, 2.05) is 91.0 Å². The van der Waals surface area contributed by atoms with Gasteiger partial charge in [0.25, 0.3) is 27.8 Å². The second-order valence-corrected chi connectivity index (χ2v) is 41.1. The molecule has 0 aliphatic carbocycles. The zero-order chi connectivity index (χ0) is 102. The number of aliphatic hydroxyl groups excluding tert-OH is 1. The molecule has 21 N–H and O–H groups in total. The van der Waals surface area contributed by atoms with Crippen molar-refractivity contribution in [3.8, 4) is 0 Å². The van der Waals surface area contributed by atoms with Crippen LogP contribution in [0.5, 0.6) is 0 Å². The van der Waals surface area contributed by atoms with Crippen LogP contribution < -0.4 is 62.2 Å². The Labute approximate surface area is 808 Å². The summed E-state index contributed by atoms with van der Waals surface area (Å²) >= 11 is 0. The standard InChI is InChI=1S/C79H88N27O34P5/c1-36-23-101(78(113)100-69(36)108)53-18-41(47(131-53)24-124-79(37-11-5-2-6-12-37,38-13-7-3-8-14-38)39-15-9-4-10-16-39)136-142(116,117)126-27-49-43(20-55(133-49)104-33-89-60-66(104)93-75(82)97-71(60)110)139-144(120,121)128-29-51-45(22-57(135-51)106-35-91-62-68(106)95-77(84)99-73(62)112)140-145(122,123)129-28-50-44(21-56(134-50)105-34-90-61-67(105)94-76(83)98-72(61)111)138-143(118,119)127-26-48-42(19-54(132-48)102-31-87-58-63(80)85-30-86-64(58)102)137-141(114,115)125-25-46-40(107)17-52(130-46)103-32-88-59-65(103)92-74(81)96-70(59)109/h2-16,23,30-35,40-57,107H,17-22,24-29H2,1H3,(H,114,115)(H,116,117)(H,118,119)(H,120,121)(H,122,123)(H2,80,85,86)(H,100,108,113)(H3,81,92,96,109)(H3,82,93,97,110)(H3,83,94,98,111)(H3,84,95,99,112)/t40-,41-,42-,43-,44-,45-,46+,47+,48+,49+,50+,51+,52+,53+,54?,55+,56+,57+/m0/s1. The van der Waals surface area contributed by atoms with Crippen LogP contribution in [0.4, 0.5) is 29.6 Å². The highest BCUT2D eigenvalue weighted by molar-refractivity contribution is 7.48. The first-order chi connectivity index (χ1) is 69.2. The van der Waals surface area contributed by atoms with Gasteiger partial charge in [-0.25, -0.2) is 62.5 Å². The van der Waals surface area contributed by atoms with Crippen molar-refractivity contribution >= 4 is 125 Å². The molecule has 0 radical (unpaired) electrons. The van der Waals surface area contributed by atoms with Crippen LogP contribution in [0.15, 0.2) is 164 Å². The number of nitrogen functional groups attached to an aromatic ring is 5. The predicted octanol–water partition coefficient (Wildman–Crippen LogP) is 1.73. The highest BCUT2D eigenvalue weighted by Crippen LogP contribution is 2.58. The van der Waals surface area contributed by atoms with Crippen molar-refractivity contribution in [2.75, 3.05) is 68.3 Å². The Morgan fingerprint density at radius 3 is 0.952 bits per heavy atom. The number of nitrogens with two attached hydrogens (primary N) is 5. The number of fused-ring (bicyclic) bond motifs is 5. The van der Waals surface area contributed by atoms with Crippen molar-refractivity contribution in [3.05, 3.63) is 220 Å². The first-order valence-corrected chi connectivity index (χ1v) is 51.6. The minimum atomic E-state index is -5.71. The zero-order valence-electron chi connectivity index (χ0n) is 74.9. The van der Waals surface area contributed by atoms with Gasteiger partial charge in [-0.05, 0) is 23.6 Å². The fourth-order valence-corrected chi connectivity index (χ4v) is 22.8. The Hall–Kier alpha value is -12.5. The Morgan fingerprint density at radius 2 is 0.628 bits per heavy atom. The van der Waals surface area contributed by atoms with Crippen molar-refractivity contribution in [2.45, 2.75) is 162 Å². The summed E-state index contributed by atoms with van der Waals surface area (Å²) in [5.41, 5.74) is 24.5. The number of nitrogens with zero attached hydrogens (tertiary/aromatic N) is 17. The summed E-state index contributed by atoms with van der Waals surface area (Å²) < 4.78 is 183. The van der Waals surface area contributed by atoms with Gasteiger partial charge in [-0.15, -0.1) is 0 Å². The molecule has 66 heteroatoms. The van der Waals surface area contributed by atoms with Gasteiger partial charge in [0.05, 0.1) is 77.4 Å². The molecule has 6 saturated heterocycles. The van der Waals surface area contributed by atoms with Crippen LogP contribution in [0.2, 0.25) is 0 Å². The molecule has 0 bridgehead atoms. The monoisotopic (exact) mass is 2110 g/mol. The summed E-state index contributed by atoms with van der Waals surface area (Å²) in [5, 5.41) is 11.1. The van der Waals surface area contributed by atoms with E-state index in [0.717, 1.165) is 34.4 Å². The van der Waals surface area contributed by atoms with Crippen LogP contribution in [0.1, 0.15) is 98.1 Å². The molecule has 61 nitrogen and oxygen atoms in total. The smallest absolute Gasteiger partial charge is 0.390 e. The Bertz CT molecular complexity index is 7790. The minimum Gasteiger partial charge on any atom is -0.390 e. The summed E-state index contributed by atoms with van der Waals surface area (Å²) in [7, 11) is -27.9. The number of rotatable bonds is 37. The molecular formula is C79H88N27O34P5. The first kappa shape index (κ1) is 99.8. The molecule has 6 aliphatic heterocycles. The van der Waals surface area contributed by atoms with Gasteiger partial charge in [0.15, 0.2) is 56.1 Å². The number of hydrogen-bond acceptors (Lipinski definition) is 45. The van der Waals surface area contributed by atoms with Gasteiger partial charge < -0.3 is 91.4 Å². The lowest BCUT2D eigenvalue weighted by molar-refractivity contribution is -0.0952. The van der Waals surface area contributed by atoms with Crippen LogP contribution >= 0.6 is 39.1 Å². The molecule has 768 valence electrons. The van der Waals surface area contributed by atoms with E-state index in [1.54, 1.807) is 0 Å². The number of aromatic amines is 5. The van der Waals surface area contributed by atoms with Crippen molar-refractivity contribution in [1.29, 1.82) is 0 Å². The quantitative estimate of drug-likeness (QED) is 0.0195. The highest BCUT2D eigenvalue weighted by atomic mass is 31.2. The number of phosphoric acid groups is 5. The molecule has 17 heterocycles. The number of anilines is 5. The fourth-order valence-electron chi connectivity index (χ4n) is 18.0. The van der Waals surface area contributed by atoms with E-state index in [1.165, 1.54) is 44.0 Å². The molecule has 23 atom stereocenters. The number of ether oxygens (including phenoxy) is 7. The SMILES string of the molecule is Cc1cn([C@H]2C[C@H](OP(=O)(O)OC[C@H]3O[C@@H](n4cnc5c(=O)[nH]c(N)nc54)C[C@@H]3OP(=O)(O)OC[C@H]3O[C@@H](n4cnc5c(=O)[nH]c(N)nc54)C[C@@H]3OP(=O)(O)OC[C@H]3O[C@@H](n4cnc5c(=O)[nH]c(N)nc54)C[C@@H]3OP(=O)(O)OC[C@H]3OC(n4cnc5c(N)ncnc54)C[C@@H]3OP(=O)(O)OC[C@H]3O[C@@H](n4cnc5c(=O)[nH]c(N)nc54)C[C@@H]3O)[C@@H](COC(c3ccccc3)(c3ccccc3)c3ccccc3)O2)c(=O)[nH]c1=O. The van der Waals surface area contributed by atoms with E-state index in [2.05, 4.69) is 79.7 Å². The van der Waals surface area contributed by atoms with Crippen molar-refractivity contribution in [2.24, 2.45) is 0 Å². The van der Waals surface area contributed by atoms with E-state index >= 15 is 0 Å². The second kappa shape index (κ2) is 39.7. The summed E-state index contributed by atoms with van der Waals surface area (Å²) in [5.74, 6) is -1.47. The molecule has 6 fully saturated rings. The van der Waals surface area contributed by atoms with Gasteiger partial charge in [-0.3, -0.25) is 122 Å². The molecule has 20 rings (SSSR count). The molecule has 0 spiro atoms. The van der Waals surface area contributed by atoms with E-state index in [4.69, 9.17) is 107 Å². The molecular weight excluding hydrogens is 2030 g/mol. The molecule has 3 aromatic carbocycles. The third kappa shape index (κ3) is 20.8. The minimum absolute atomic E-state index is 0.00124. The summed E-state index contributed by atoms with van der Waals surface area (Å²) in [4.78, 5) is 195. The van der Waals surface area contributed by atoms with Crippen LogP contribution in [0.25, 0.3) is 55.8 Å². The van der Waals surface area contributed by atoms with E-state index in [9.17, 15) is 81.2 Å². The first-order valence-electron chi connectivity index (χ1n) is 44.1. The summed E-state index contributed by atoms with van der Waals surface area (Å²) in [6.07, 6.45) is -21.8. The Morgan fingerprint density at radius 1 is 0.352 bits per heavy atom. The summed E-state index contributed by atoms with van der Waals surface area (Å²) in [6.45, 7) is -4.14. The molecule has 11 aromatic heterocycles. The number of phosphoric ester groups is 5. The Kier molecular flexibility index (Phi) is 27.3. The topological polar surface area (TPSA) is 846 Å². The van der Waals surface area contributed by atoms with Crippen LogP contribution in [-0.4, -0.2) is 250 Å². The lowest BCUT2D eigenvalue weighted by Crippen LogP contribution is -2.38. The lowest BCUT2D eigenvalue weighted by atomic mass is 9.80. The van der Waals surface area contributed by atoms with Gasteiger partial charge in [0.1, 0.15) is 122 Å². The molecule has 145 heavy (non-hydrogen) atoms. The fraction of sp³-hybridized carbons (Fsp3) is 0.405. The van der Waals surface area contributed by atoms with Crippen molar-refractivity contribution < 1.29 is 131 Å². The van der Waals surface area contributed by atoms with Crippen molar-refractivity contribution in [1.82, 2.24) is 107 Å². The number of imidazole rings is 5. The second-order valence-electron chi connectivity index (χ2n) is 34.1. The number of aryl methyl sites for hydroxylation is 1. The molecule has 0 saturated carbocycles. The number of H-pyrrole nitrogens is 5. The van der Waals surface area contributed by atoms with Crippen LogP contribution in [0.3, 0.4) is 0 Å². The predicted molar refractivity (Wildman–Crippen MR) is 492 cm³/mol. The maximum absolute atomic E-state index is 14.9. The van der Waals surface area contributed by atoms with Gasteiger partial charge in [0.2, 0.25) is 23.8 Å². The maximum atomic E-state index is 14.9. The molecule has 0 amide bonds.